The minimum Gasteiger partial charge on any atom is -0.462 e. The standard InChI is InChI=1S/C73H119N13O19/c1-28-41(11)53-64(95)80(23)56(40(9)10)67(98)81(24)55(39(7)8)65(96)76(19)35-50(89)78(21)59(72(17,18)101)69(100)83(26)58(43(13)44(14)104-45(15)87)68(99)84(27)70(105-46(16)88)61(92)74-52(37(3)4)63(94)82(25)57(42(12)29-2)66(97)77(20)36-51(90)85-49(62(93)79(22)54(38(5)6)60(91)75-53)34-73(102)47-32-30-31-33-48(47)86(103)71(73)85/h30-33,37-44,49,52-59,70-71,101-103H,28-29,34-36H2,1-27H3,(H,74,92)(H,75,91)/t41?,42-,43-,44?,49-,52-,53+,54-,55-,56-,57-,58-,59+,70?,71+,73+/m0/s1. The fourth-order valence-electron chi connectivity index (χ4n) is 14.8. The van der Waals surface area contributed by atoms with E-state index < -0.39 is 228 Å². The summed E-state index contributed by atoms with van der Waals surface area (Å²) in [7, 11) is 11.3. The van der Waals surface area contributed by atoms with E-state index in [1.807, 2.05) is 0 Å². The van der Waals surface area contributed by atoms with Gasteiger partial charge in [-0.1, -0.05) is 121 Å². The number of nitrogens with one attached hydrogen (secondary N) is 2. The number of amides is 12. The molecule has 4 rings (SSSR count). The summed E-state index contributed by atoms with van der Waals surface area (Å²) in [6.45, 7) is 25.8. The van der Waals surface area contributed by atoms with Crippen LogP contribution in [-0.2, 0) is 82.2 Å². The van der Waals surface area contributed by atoms with Gasteiger partial charge in [-0.2, -0.15) is 0 Å². The average molecular weight is 1480 g/mol. The number of hydrogen-bond acceptors (Lipinski definition) is 20. The van der Waals surface area contributed by atoms with Crippen molar-refractivity contribution in [2.45, 2.75) is 228 Å². The van der Waals surface area contributed by atoms with Crippen LogP contribution in [-0.4, -0.2) is 302 Å². The van der Waals surface area contributed by atoms with Crippen LogP contribution in [0.3, 0.4) is 0 Å². The Hall–Kier alpha value is -8.52. The van der Waals surface area contributed by atoms with Gasteiger partial charge in [0.2, 0.25) is 65.0 Å². The Morgan fingerprint density at radius 2 is 0.962 bits per heavy atom. The van der Waals surface area contributed by atoms with E-state index in [0.29, 0.717) is 16.4 Å². The van der Waals surface area contributed by atoms with Crippen molar-refractivity contribution in [2.24, 2.45) is 41.4 Å². The fraction of sp³-hybridized carbons (Fsp3) is 0.726. The van der Waals surface area contributed by atoms with E-state index >= 15 is 43.2 Å². The zero-order valence-corrected chi connectivity index (χ0v) is 66.6. The van der Waals surface area contributed by atoms with E-state index in [1.54, 1.807) is 95.2 Å². The van der Waals surface area contributed by atoms with Gasteiger partial charge in [-0.25, -0.2) is 5.06 Å². The smallest absolute Gasteiger partial charge is 0.304 e. The van der Waals surface area contributed by atoms with Gasteiger partial charge in [0.25, 0.3) is 12.1 Å². The van der Waals surface area contributed by atoms with Crippen molar-refractivity contribution in [3.05, 3.63) is 29.8 Å². The van der Waals surface area contributed by atoms with Gasteiger partial charge in [0.15, 0.2) is 6.17 Å². The molecule has 2 fully saturated rings. The maximum atomic E-state index is 15.5. The SMILES string of the molecule is CCC(C)[C@H]1NC(=O)[C@H](C(C)C)N(C)C(=O)[C@@H]2C[C@@]3(O)c4ccccc4N(O)[C@H]3N2C(=O)CN(C)C(=O)[C@H]([C@@H](C)CC)N(C)C(=O)[C@H](C(C)C)NC(=O)C(OC(C)=O)N(C)C(=O)[C@H]([C@@H](C)C(C)OC(C)=O)N(C)C(=O)[C@H](C(C)(C)O)N(C)C(=O)CN(C)C(=O)[C@H](C(C)C)N(C)C(=O)[C@H](C(C)C)N(C)C1=O. The largest absolute Gasteiger partial charge is 0.462 e. The highest BCUT2D eigenvalue weighted by Gasteiger charge is 2.64. The molecule has 32 nitrogen and oxygen atoms in total. The Bertz CT molecular complexity index is 3400. The lowest BCUT2D eigenvalue weighted by Crippen LogP contribution is -2.65. The van der Waals surface area contributed by atoms with Crippen molar-refractivity contribution in [1.29, 1.82) is 0 Å². The van der Waals surface area contributed by atoms with Crippen LogP contribution in [0.1, 0.15) is 149 Å². The molecule has 2 saturated heterocycles. The summed E-state index contributed by atoms with van der Waals surface area (Å²) < 4.78 is 11.1. The van der Waals surface area contributed by atoms with Crippen LogP contribution in [0.2, 0.25) is 0 Å². The summed E-state index contributed by atoms with van der Waals surface area (Å²) in [5.41, 5.74) is -4.01. The second-order valence-electron chi connectivity index (χ2n) is 30.9. The molecule has 1 aromatic carbocycles. The van der Waals surface area contributed by atoms with Crippen molar-refractivity contribution in [2.75, 3.05) is 81.6 Å². The minimum atomic E-state index is -2.22. The highest BCUT2D eigenvalue weighted by atomic mass is 16.6. The van der Waals surface area contributed by atoms with Crippen molar-refractivity contribution in [3.63, 3.8) is 0 Å². The third-order valence-corrected chi connectivity index (χ3v) is 21.1. The van der Waals surface area contributed by atoms with Gasteiger partial charge in [-0.3, -0.25) is 72.3 Å². The molecule has 0 aromatic heterocycles. The molecule has 590 valence electrons. The molecule has 3 aliphatic rings. The van der Waals surface area contributed by atoms with E-state index in [4.69, 9.17) is 9.47 Å². The topological polar surface area (TPSA) is 378 Å². The van der Waals surface area contributed by atoms with Gasteiger partial charge in [-0.15, -0.1) is 0 Å². The first-order chi connectivity index (χ1) is 48.3. The highest BCUT2D eigenvalue weighted by molar-refractivity contribution is 6.00. The zero-order valence-electron chi connectivity index (χ0n) is 66.6. The Morgan fingerprint density at radius 3 is 1.45 bits per heavy atom. The van der Waals surface area contributed by atoms with Crippen LogP contribution < -0.4 is 15.7 Å². The highest BCUT2D eigenvalue weighted by Crippen LogP contribution is 2.52. The second kappa shape index (κ2) is 35.7. The number of benzene rings is 1. The number of anilines is 1. The molecule has 3 unspecified atom stereocenters. The lowest BCUT2D eigenvalue weighted by molar-refractivity contribution is -0.175. The van der Waals surface area contributed by atoms with Crippen LogP contribution in [0.15, 0.2) is 24.3 Å². The first-order valence-corrected chi connectivity index (χ1v) is 36.0. The number of carbonyl (C=O) groups is 14. The van der Waals surface area contributed by atoms with E-state index in [2.05, 4.69) is 10.6 Å². The van der Waals surface area contributed by atoms with E-state index in [1.165, 1.54) is 99.0 Å². The predicted octanol–water partition coefficient (Wildman–Crippen LogP) is 1.29. The van der Waals surface area contributed by atoms with Gasteiger partial charge in [-0.05, 0) is 62.3 Å². The maximum Gasteiger partial charge on any atom is 0.304 e. The van der Waals surface area contributed by atoms with Gasteiger partial charge in [0.1, 0.15) is 66.1 Å². The molecule has 0 radical (unpaired) electrons. The molecular formula is C73H119N13O19. The molecule has 32 heteroatoms. The monoisotopic (exact) mass is 1480 g/mol. The number of fused-ring (bicyclic) bond motifs is 5. The quantitative estimate of drug-likeness (QED) is 0.174. The van der Waals surface area contributed by atoms with Crippen LogP contribution >= 0.6 is 0 Å². The average Bonchev–Trinajstić information content (AvgIpc) is 1.54. The summed E-state index contributed by atoms with van der Waals surface area (Å²) in [6, 6.07) is -7.40. The van der Waals surface area contributed by atoms with Gasteiger partial charge >= 0.3 is 11.9 Å². The fourth-order valence-corrected chi connectivity index (χ4v) is 14.8. The molecule has 3 aliphatic heterocycles. The number of hydrogen-bond donors (Lipinski definition) is 5. The Morgan fingerprint density at radius 1 is 0.524 bits per heavy atom. The Kier molecular flexibility index (Phi) is 30.2. The summed E-state index contributed by atoms with van der Waals surface area (Å²) >= 11 is 0. The summed E-state index contributed by atoms with van der Waals surface area (Å²) in [6.07, 6.45) is -5.04. The summed E-state index contributed by atoms with van der Waals surface area (Å²) in [5.74, 6) is -18.1. The molecule has 12 amide bonds. The second-order valence-corrected chi connectivity index (χ2v) is 30.9. The number of nitrogens with zero attached hydrogens (tertiary/aromatic N) is 11. The van der Waals surface area contributed by atoms with Gasteiger partial charge in [0, 0.05) is 95.2 Å². The van der Waals surface area contributed by atoms with Crippen LogP contribution in [0.25, 0.3) is 0 Å². The normalized spacial score (nSPS) is 28.1. The van der Waals surface area contributed by atoms with Crippen molar-refractivity contribution in [3.8, 4) is 0 Å². The predicted molar refractivity (Wildman–Crippen MR) is 385 cm³/mol. The molecule has 0 bridgehead atoms. The molecule has 1 aromatic rings. The number of para-hydroxylation sites is 1. The lowest BCUT2D eigenvalue weighted by Gasteiger charge is -2.43. The number of esters is 2. The first-order valence-electron chi connectivity index (χ1n) is 36.0. The van der Waals surface area contributed by atoms with Gasteiger partial charge < -0.3 is 79.3 Å². The Labute approximate surface area is 618 Å². The molecule has 0 aliphatic carbocycles. The van der Waals surface area contributed by atoms with E-state index in [9.17, 15) is 39.4 Å². The summed E-state index contributed by atoms with van der Waals surface area (Å²) in [5, 5.41) is 42.8. The Balaban J connectivity index is 2.04. The van der Waals surface area contributed by atoms with Crippen molar-refractivity contribution in [1.82, 2.24) is 59.6 Å². The third kappa shape index (κ3) is 19.0. The number of likely N-dealkylation sites (N-methyl/N-ethyl adjacent to an activating group) is 9. The molecule has 0 spiro atoms. The zero-order chi connectivity index (χ0) is 80.8. The number of hydroxylamine groups is 1. The molecular weight excluding hydrogens is 1360 g/mol. The van der Waals surface area contributed by atoms with Crippen LogP contribution in [0.4, 0.5) is 5.69 Å². The van der Waals surface area contributed by atoms with E-state index in [0.717, 1.165) is 62.2 Å². The number of carbonyl (C=O) groups excluding carboxylic acids is 14. The lowest BCUT2D eigenvalue weighted by atomic mass is 9.90. The van der Waals surface area contributed by atoms with Crippen LogP contribution in [0.5, 0.6) is 0 Å². The van der Waals surface area contributed by atoms with E-state index in [-0.39, 0.29) is 17.7 Å². The molecule has 5 N–H and O–H groups in total. The van der Waals surface area contributed by atoms with Crippen LogP contribution in [0, 0.1) is 41.4 Å². The molecule has 105 heavy (non-hydrogen) atoms. The third-order valence-electron chi connectivity index (χ3n) is 21.1. The van der Waals surface area contributed by atoms with Crippen molar-refractivity contribution < 1.29 is 92.0 Å². The molecule has 3 heterocycles. The minimum absolute atomic E-state index is 0.110. The molecule has 0 saturated carbocycles. The summed E-state index contributed by atoms with van der Waals surface area (Å²) in [4.78, 5) is 217. The number of ether oxygens (including phenoxy) is 2. The van der Waals surface area contributed by atoms with Crippen molar-refractivity contribution >= 4 is 88.5 Å². The van der Waals surface area contributed by atoms with Gasteiger partial charge in [0.05, 0.1) is 24.4 Å². The molecule has 16 atom stereocenters. The first kappa shape index (κ1) is 88.9. The number of rotatable bonds is 13. The number of aliphatic hydroxyl groups is 2. The maximum absolute atomic E-state index is 15.5.